The van der Waals surface area contributed by atoms with Gasteiger partial charge < -0.3 is 10.2 Å². The zero-order valence-electron chi connectivity index (χ0n) is 10.5. The highest BCUT2D eigenvalue weighted by atomic mass is 16.2. The Morgan fingerprint density at radius 1 is 1.12 bits per heavy atom. The molecule has 1 saturated carbocycles. The molecule has 1 amide bonds. The Hall–Kier alpha value is -0.610. The van der Waals surface area contributed by atoms with E-state index in [1.807, 2.05) is 0 Å². The Labute approximate surface area is 103 Å². The molecule has 2 saturated heterocycles. The lowest BCUT2D eigenvalue weighted by Gasteiger charge is -2.33. The highest BCUT2D eigenvalue weighted by molar-refractivity contribution is 5.81. The zero-order valence-corrected chi connectivity index (χ0v) is 10.5. The summed E-state index contributed by atoms with van der Waals surface area (Å²) < 4.78 is 0. The van der Waals surface area contributed by atoms with Crippen LogP contribution in [0.1, 0.15) is 25.7 Å². The van der Waals surface area contributed by atoms with Gasteiger partial charge in [0.15, 0.2) is 0 Å². The van der Waals surface area contributed by atoms with Crippen LogP contribution in [-0.4, -0.2) is 61.0 Å². The first-order chi connectivity index (χ1) is 8.34. The third kappa shape index (κ3) is 2.63. The predicted molar refractivity (Wildman–Crippen MR) is 66.8 cm³/mol. The zero-order chi connectivity index (χ0) is 11.7. The van der Waals surface area contributed by atoms with Crippen LogP contribution >= 0.6 is 0 Å². The molecule has 3 rings (SSSR count). The average Bonchev–Trinajstić information content (AvgIpc) is 3.11. The first-order valence-corrected chi connectivity index (χ1v) is 7.08. The number of amides is 1. The third-order valence-electron chi connectivity index (χ3n) is 4.27. The van der Waals surface area contributed by atoms with Crippen LogP contribution in [-0.2, 0) is 4.79 Å². The summed E-state index contributed by atoms with van der Waals surface area (Å²) in [6.45, 7) is 6.59. The van der Waals surface area contributed by atoms with Gasteiger partial charge in [-0.1, -0.05) is 0 Å². The molecule has 0 aromatic carbocycles. The number of hydrogen-bond acceptors (Lipinski definition) is 3. The summed E-state index contributed by atoms with van der Waals surface area (Å²) in [6, 6.07) is 0.501. The van der Waals surface area contributed by atoms with E-state index in [0.29, 0.717) is 17.9 Å². The highest BCUT2D eigenvalue weighted by Crippen LogP contribution is 2.33. The number of piperazine rings is 1. The molecule has 3 fully saturated rings. The van der Waals surface area contributed by atoms with Crippen LogP contribution in [0.25, 0.3) is 0 Å². The van der Waals surface area contributed by atoms with Crippen molar-refractivity contribution in [1.82, 2.24) is 15.1 Å². The Morgan fingerprint density at radius 3 is 2.59 bits per heavy atom. The largest absolute Gasteiger partial charge is 0.338 e. The van der Waals surface area contributed by atoms with Gasteiger partial charge in [-0.2, -0.15) is 0 Å². The van der Waals surface area contributed by atoms with Crippen molar-refractivity contribution in [3.63, 3.8) is 0 Å². The molecular formula is C13H23N3O. The van der Waals surface area contributed by atoms with Crippen LogP contribution in [0.3, 0.4) is 0 Å². The number of nitrogens with one attached hydrogen (secondary N) is 1. The third-order valence-corrected chi connectivity index (χ3v) is 4.27. The average molecular weight is 237 g/mol. The van der Waals surface area contributed by atoms with Gasteiger partial charge in [-0.25, -0.2) is 0 Å². The SMILES string of the molecule is O=C(C1CC1)N1CCCC1CN1CCNCC1. The van der Waals surface area contributed by atoms with Crippen LogP contribution in [0.4, 0.5) is 0 Å². The van der Waals surface area contributed by atoms with E-state index in [4.69, 9.17) is 0 Å². The second-order valence-electron chi connectivity index (χ2n) is 5.65. The summed E-state index contributed by atoms with van der Waals surface area (Å²) in [7, 11) is 0. The van der Waals surface area contributed by atoms with Gasteiger partial charge in [0.05, 0.1) is 0 Å². The minimum absolute atomic E-state index is 0.388. The summed E-state index contributed by atoms with van der Waals surface area (Å²) in [5.41, 5.74) is 0. The van der Waals surface area contributed by atoms with Crippen molar-refractivity contribution in [3.8, 4) is 0 Å². The molecule has 1 N–H and O–H groups in total. The molecule has 0 spiro atoms. The number of nitrogens with zero attached hydrogens (tertiary/aromatic N) is 2. The number of carbonyl (C=O) groups excluding carboxylic acids is 1. The molecule has 17 heavy (non-hydrogen) atoms. The molecule has 0 aromatic heterocycles. The van der Waals surface area contributed by atoms with Gasteiger partial charge in [-0.15, -0.1) is 0 Å². The van der Waals surface area contributed by atoms with Crippen LogP contribution < -0.4 is 5.32 Å². The molecule has 0 bridgehead atoms. The van der Waals surface area contributed by atoms with Crippen molar-refractivity contribution in [3.05, 3.63) is 0 Å². The molecule has 3 aliphatic rings. The number of hydrogen-bond donors (Lipinski definition) is 1. The van der Waals surface area contributed by atoms with E-state index in [2.05, 4.69) is 15.1 Å². The molecule has 96 valence electrons. The van der Waals surface area contributed by atoms with Crippen LogP contribution in [0.15, 0.2) is 0 Å². The molecule has 1 atom stereocenters. The van der Waals surface area contributed by atoms with Crippen molar-refractivity contribution in [2.75, 3.05) is 39.3 Å². The van der Waals surface area contributed by atoms with E-state index < -0.39 is 0 Å². The normalized spacial score (nSPS) is 30.8. The van der Waals surface area contributed by atoms with E-state index in [-0.39, 0.29) is 0 Å². The fraction of sp³-hybridized carbons (Fsp3) is 0.923. The fourth-order valence-electron chi connectivity index (χ4n) is 3.07. The van der Waals surface area contributed by atoms with Crippen LogP contribution in [0.2, 0.25) is 0 Å². The van der Waals surface area contributed by atoms with Crippen molar-refractivity contribution in [2.45, 2.75) is 31.7 Å². The minimum atomic E-state index is 0.388. The summed E-state index contributed by atoms with van der Waals surface area (Å²) in [5.74, 6) is 0.834. The monoisotopic (exact) mass is 237 g/mol. The lowest BCUT2D eigenvalue weighted by atomic mass is 10.2. The Morgan fingerprint density at radius 2 is 1.88 bits per heavy atom. The Balaban J connectivity index is 1.55. The van der Waals surface area contributed by atoms with Gasteiger partial charge in [0.2, 0.25) is 5.91 Å². The second kappa shape index (κ2) is 4.94. The molecule has 4 nitrogen and oxygen atoms in total. The molecule has 2 heterocycles. The van der Waals surface area contributed by atoms with Gasteiger partial charge >= 0.3 is 0 Å². The molecule has 1 unspecified atom stereocenters. The van der Waals surface area contributed by atoms with Crippen molar-refractivity contribution < 1.29 is 4.79 Å². The molecule has 2 aliphatic heterocycles. The predicted octanol–water partition coefficient (Wildman–Crippen LogP) is 0.293. The van der Waals surface area contributed by atoms with Gasteiger partial charge in [-0.3, -0.25) is 9.69 Å². The van der Waals surface area contributed by atoms with Crippen molar-refractivity contribution in [2.24, 2.45) is 5.92 Å². The van der Waals surface area contributed by atoms with Crippen LogP contribution in [0, 0.1) is 5.92 Å². The summed E-state index contributed by atoms with van der Waals surface area (Å²) in [6.07, 6.45) is 4.68. The van der Waals surface area contributed by atoms with E-state index in [0.717, 1.165) is 52.1 Å². The molecule has 0 aromatic rings. The van der Waals surface area contributed by atoms with Gasteiger partial charge in [-0.05, 0) is 25.7 Å². The Bertz CT molecular complexity index is 284. The highest BCUT2D eigenvalue weighted by Gasteiger charge is 2.38. The lowest BCUT2D eigenvalue weighted by Crippen LogP contribution is -2.49. The topological polar surface area (TPSA) is 35.6 Å². The first-order valence-electron chi connectivity index (χ1n) is 7.08. The van der Waals surface area contributed by atoms with E-state index >= 15 is 0 Å². The van der Waals surface area contributed by atoms with Gasteiger partial charge in [0.25, 0.3) is 0 Å². The van der Waals surface area contributed by atoms with Crippen LogP contribution in [0.5, 0.6) is 0 Å². The van der Waals surface area contributed by atoms with E-state index in [1.165, 1.54) is 12.8 Å². The summed E-state index contributed by atoms with van der Waals surface area (Å²) >= 11 is 0. The standard InChI is InChI=1S/C13H23N3O/c17-13(11-3-4-11)16-7-1-2-12(16)10-15-8-5-14-6-9-15/h11-12,14H,1-10H2. The quantitative estimate of drug-likeness (QED) is 0.766. The number of likely N-dealkylation sites (tertiary alicyclic amines) is 1. The smallest absolute Gasteiger partial charge is 0.225 e. The van der Waals surface area contributed by atoms with E-state index in [9.17, 15) is 4.79 Å². The number of carbonyl (C=O) groups is 1. The summed E-state index contributed by atoms with van der Waals surface area (Å²) in [4.78, 5) is 16.8. The molecular weight excluding hydrogens is 214 g/mol. The van der Waals surface area contributed by atoms with E-state index in [1.54, 1.807) is 0 Å². The van der Waals surface area contributed by atoms with Crippen molar-refractivity contribution in [1.29, 1.82) is 0 Å². The maximum atomic E-state index is 12.2. The van der Waals surface area contributed by atoms with Crippen molar-refractivity contribution >= 4 is 5.91 Å². The maximum Gasteiger partial charge on any atom is 0.225 e. The first kappa shape index (κ1) is 11.5. The molecule has 1 aliphatic carbocycles. The summed E-state index contributed by atoms with van der Waals surface area (Å²) in [5, 5.41) is 3.38. The lowest BCUT2D eigenvalue weighted by molar-refractivity contribution is -0.133. The molecule has 0 radical (unpaired) electrons. The number of rotatable bonds is 3. The fourth-order valence-corrected chi connectivity index (χ4v) is 3.07. The molecule has 4 heteroatoms. The maximum absolute atomic E-state index is 12.2. The van der Waals surface area contributed by atoms with Gasteiger partial charge in [0, 0.05) is 51.2 Å². The second-order valence-corrected chi connectivity index (χ2v) is 5.65. The van der Waals surface area contributed by atoms with Gasteiger partial charge in [0.1, 0.15) is 0 Å². The minimum Gasteiger partial charge on any atom is -0.338 e. The Kier molecular flexibility index (Phi) is 3.34.